The van der Waals surface area contributed by atoms with Gasteiger partial charge in [0.25, 0.3) is 10.0 Å². The Balaban J connectivity index is 2.44. The summed E-state index contributed by atoms with van der Waals surface area (Å²) in [4.78, 5) is 6.75. The standard InChI is InChI=1S/C10H9FN4O2S/c11-7-3-1-4-8(12)9(7)18(16,17)15-10-13-5-2-6-14-10/h1-6H,12H2,(H,13,14,15). The number of benzene rings is 1. The molecule has 0 aliphatic carbocycles. The summed E-state index contributed by atoms with van der Waals surface area (Å²) < 4.78 is 39.4. The normalized spacial score (nSPS) is 11.2. The van der Waals surface area contributed by atoms with E-state index in [2.05, 4.69) is 9.97 Å². The van der Waals surface area contributed by atoms with Crippen molar-refractivity contribution in [2.75, 3.05) is 10.5 Å². The minimum Gasteiger partial charge on any atom is -0.398 e. The summed E-state index contributed by atoms with van der Waals surface area (Å²) in [6.07, 6.45) is 2.71. The van der Waals surface area contributed by atoms with Gasteiger partial charge in [0.05, 0.1) is 5.69 Å². The Bertz CT molecular complexity index is 641. The van der Waals surface area contributed by atoms with E-state index in [0.717, 1.165) is 6.07 Å². The van der Waals surface area contributed by atoms with Gasteiger partial charge in [-0.25, -0.2) is 27.5 Å². The molecule has 2 aromatic rings. The molecule has 0 amide bonds. The average Bonchev–Trinajstić information content (AvgIpc) is 2.28. The number of nitrogens with two attached hydrogens (primary N) is 1. The minimum atomic E-state index is -4.15. The number of rotatable bonds is 3. The van der Waals surface area contributed by atoms with Crippen LogP contribution in [0.15, 0.2) is 41.6 Å². The lowest BCUT2D eigenvalue weighted by molar-refractivity contribution is 0.571. The van der Waals surface area contributed by atoms with Gasteiger partial charge in [-0.1, -0.05) is 6.07 Å². The van der Waals surface area contributed by atoms with Gasteiger partial charge < -0.3 is 5.73 Å². The van der Waals surface area contributed by atoms with Crippen LogP contribution in [0.2, 0.25) is 0 Å². The molecule has 18 heavy (non-hydrogen) atoms. The van der Waals surface area contributed by atoms with Crippen molar-refractivity contribution in [2.45, 2.75) is 4.90 Å². The molecule has 0 unspecified atom stereocenters. The fourth-order valence-electron chi connectivity index (χ4n) is 1.33. The fraction of sp³-hybridized carbons (Fsp3) is 0. The highest BCUT2D eigenvalue weighted by molar-refractivity contribution is 7.92. The second-order valence-electron chi connectivity index (χ2n) is 3.34. The maximum Gasteiger partial charge on any atom is 0.269 e. The van der Waals surface area contributed by atoms with E-state index in [4.69, 9.17) is 5.73 Å². The van der Waals surface area contributed by atoms with Crippen molar-refractivity contribution in [1.82, 2.24) is 9.97 Å². The smallest absolute Gasteiger partial charge is 0.269 e. The first-order valence-corrected chi connectivity index (χ1v) is 6.33. The van der Waals surface area contributed by atoms with Crippen LogP contribution in [0.25, 0.3) is 0 Å². The van der Waals surface area contributed by atoms with Gasteiger partial charge in [0.15, 0.2) is 0 Å². The third-order valence-electron chi connectivity index (χ3n) is 2.06. The van der Waals surface area contributed by atoms with Crippen LogP contribution in [-0.2, 0) is 10.0 Å². The van der Waals surface area contributed by atoms with Crippen molar-refractivity contribution in [1.29, 1.82) is 0 Å². The Morgan fingerprint density at radius 1 is 1.17 bits per heavy atom. The number of sulfonamides is 1. The molecule has 3 N–H and O–H groups in total. The van der Waals surface area contributed by atoms with E-state index in [1.54, 1.807) is 0 Å². The highest BCUT2D eigenvalue weighted by atomic mass is 32.2. The fourth-order valence-corrected chi connectivity index (χ4v) is 2.48. The molecule has 1 aromatic carbocycles. The molecule has 0 aliphatic rings. The van der Waals surface area contributed by atoms with E-state index >= 15 is 0 Å². The molecule has 0 saturated heterocycles. The summed E-state index contributed by atoms with van der Waals surface area (Å²) in [5, 5.41) is 0. The molecule has 2 rings (SSSR count). The second-order valence-corrected chi connectivity index (χ2v) is 4.96. The number of nitrogens with zero attached hydrogens (tertiary/aromatic N) is 2. The van der Waals surface area contributed by atoms with Crippen molar-refractivity contribution >= 4 is 21.7 Å². The third-order valence-corrected chi connectivity index (χ3v) is 3.48. The van der Waals surface area contributed by atoms with Crippen LogP contribution < -0.4 is 10.5 Å². The molecule has 6 nitrogen and oxygen atoms in total. The van der Waals surface area contributed by atoms with Gasteiger partial charge in [-0.05, 0) is 18.2 Å². The number of nitrogens with one attached hydrogen (secondary N) is 1. The predicted molar refractivity (Wildman–Crippen MR) is 63.7 cm³/mol. The molecule has 0 atom stereocenters. The summed E-state index contributed by atoms with van der Waals surface area (Å²) in [6, 6.07) is 5.15. The van der Waals surface area contributed by atoms with E-state index in [1.165, 1.54) is 30.6 Å². The molecular formula is C10H9FN4O2S. The molecule has 8 heteroatoms. The molecule has 0 bridgehead atoms. The average molecular weight is 268 g/mol. The Hall–Kier alpha value is -2.22. The van der Waals surface area contributed by atoms with Crippen LogP contribution in [0.1, 0.15) is 0 Å². The van der Waals surface area contributed by atoms with Gasteiger partial charge in [0, 0.05) is 12.4 Å². The number of halogens is 1. The lowest BCUT2D eigenvalue weighted by Crippen LogP contribution is -2.17. The van der Waals surface area contributed by atoms with Crippen LogP contribution in [-0.4, -0.2) is 18.4 Å². The highest BCUT2D eigenvalue weighted by Gasteiger charge is 2.22. The highest BCUT2D eigenvalue weighted by Crippen LogP contribution is 2.22. The number of anilines is 2. The summed E-state index contributed by atoms with van der Waals surface area (Å²) >= 11 is 0. The molecule has 94 valence electrons. The Labute approximate surface area is 103 Å². The first-order valence-electron chi connectivity index (χ1n) is 4.84. The molecular weight excluding hydrogens is 259 g/mol. The Morgan fingerprint density at radius 3 is 2.44 bits per heavy atom. The zero-order chi connectivity index (χ0) is 13.2. The zero-order valence-electron chi connectivity index (χ0n) is 9.04. The predicted octanol–water partition coefficient (Wildman–Crippen LogP) is 0.999. The summed E-state index contributed by atoms with van der Waals surface area (Å²) in [5.74, 6) is -1.08. The molecule has 1 aromatic heterocycles. The van der Waals surface area contributed by atoms with Crippen LogP contribution in [0.4, 0.5) is 16.0 Å². The number of aromatic nitrogens is 2. The first-order chi connectivity index (χ1) is 8.50. The molecule has 0 saturated carbocycles. The zero-order valence-corrected chi connectivity index (χ0v) is 9.86. The summed E-state index contributed by atoms with van der Waals surface area (Å²) in [6.45, 7) is 0. The van der Waals surface area contributed by atoms with E-state index in [9.17, 15) is 12.8 Å². The largest absolute Gasteiger partial charge is 0.398 e. The summed E-state index contributed by atoms with van der Waals surface area (Å²) in [7, 11) is -4.15. The first kappa shape index (κ1) is 12.2. The van der Waals surface area contributed by atoms with Gasteiger partial charge in [-0.3, -0.25) is 0 Å². The molecule has 0 aliphatic heterocycles. The number of hydrogen-bond acceptors (Lipinski definition) is 5. The quantitative estimate of drug-likeness (QED) is 0.809. The van der Waals surface area contributed by atoms with Gasteiger partial charge in [-0.2, -0.15) is 0 Å². The number of hydrogen-bond donors (Lipinski definition) is 2. The van der Waals surface area contributed by atoms with Crippen LogP contribution in [0.3, 0.4) is 0 Å². The minimum absolute atomic E-state index is 0.153. The van der Waals surface area contributed by atoms with E-state index in [1.807, 2.05) is 4.72 Å². The lowest BCUT2D eigenvalue weighted by Gasteiger charge is -2.09. The SMILES string of the molecule is Nc1cccc(F)c1S(=O)(=O)Nc1ncccn1. The van der Waals surface area contributed by atoms with Crippen LogP contribution >= 0.6 is 0 Å². The van der Waals surface area contributed by atoms with Crippen molar-refractivity contribution in [3.63, 3.8) is 0 Å². The Kier molecular flexibility index (Phi) is 3.11. The lowest BCUT2D eigenvalue weighted by atomic mass is 10.3. The number of nitrogen functional groups attached to an aromatic ring is 1. The van der Waals surface area contributed by atoms with Gasteiger partial charge in [0.1, 0.15) is 10.7 Å². The van der Waals surface area contributed by atoms with Crippen molar-refractivity contribution in [3.05, 3.63) is 42.5 Å². The van der Waals surface area contributed by atoms with Crippen LogP contribution in [0.5, 0.6) is 0 Å². The van der Waals surface area contributed by atoms with E-state index < -0.39 is 20.7 Å². The van der Waals surface area contributed by atoms with Crippen molar-refractivity contribution in [2.24, 2.45) is 0 Å². The summed E-state index contributed by atoms with van der Waals surface area (Å²) in [5.41, 5.74) is 5.28. The molecule has 0 radical (unpaired) electrons. The van der Waals surface area contributed by atoms with Crippen molar-refractivity contribution < 1.29 is 12.8 Å². The molecule has 0 spiro atoms. The van der Waals surface area contributed by atoms with E-state index in [0.29, 0.717) is 0 Å². The second kappa shape index (κ2) is 4.57. The monoisotopic (exact) mass is 268 g/mol. The molecule has 0 fully saturated rings. The maximum atomic E-state index is 13.5. The van der Waals surface area contributed by atoms with Gasteiger partial charge in [-0.15, -0.1) is 0 Å². The van der Waals surface area contributed by atoms with Gasteiger partial charge in [0.2, 0.25) is 5.95 Å². The Morgan fingerprint density at radius 2 is 1.83 bits per heavy atom. The van der Waals surface area contributed by atoms with Crippen molar-refractivity contribution in [3.8, 4) is 0 Å². The molecule has 1 heterocycles. The van der Waals surface area contributed by atoms with E-state index in [-0.39, 0.29) is 11.6 Å². The van der Waals surface area contributed by atoms with Gasteiger partial charge >= 0.3 is 0 Å². The van der Waals surface area contributed by atoms with Crippen LogP contribution in [0, 0.1) is 5.82 Å². The maximum absolute atomic E-state index is 13.5. The third kappa shape index (κ3) is 2.38. The topological polar surface area (TPSA) is 98.0 Å².